The van der Waals surface area contributed by atoms with Crippen LogP contribution < -0.4 is 4.90 Å². The fourth-order valence-electron chi connectivity index (χ4n) is 8.19. The molecule has 0 atom stereocenters. The van der Waals surface area contributed by atoms with Crippen LogP contribution in [-0.4, -0.2) is 31.6 Å². The first-order valence-electron chi connectivity index (χ1n) is 15.0. The highest BCUT2D eigenvalue weighted by Gasteiger charge is 2.46. The van der Waals surface area contributed by atoms with Crippen molar-refractivity contribution in [1.29, 1.82) is 0 Å². The van der Waals surface area contributed by atoms with Gasteiger partial charge in [-0.2, -0.15) is 9.97 Å². The molecule has 10 rings (SSSR count). The van der Waals surface area contributed by atoms with Crippen molar-refractivity contribution in [3.8, 4) is 28.7 Å². The van der Waals surface area contributed by atoms with Crippen molar-refractivity contribution in [2.45, 2.75) is 44.2 Å². The van der Waals surface area contributed by atoms with E-state index in [-0.39, 0.29) is 0 Å². The Labute approximate surface area is 239 Å². The third-order valence-corrected chi connectivity index (χ3v) is 9.73. The Hall–Kier alpha value is -4.51. The van der Waals surface area contributed by atoms with Crippen molar-refractivity contribution in [3.63, 3.8) is 0 Å². The van der Waals surface area contributed by atoms with Crippen molar-refractivity contribution < 1.29 is 0 Å². The summed E-state index contributed by atoms with van der Waals surface area (Å²) in [7, 11) is 0. The van der Waals surface area contributed by atoms with Gasteiger partial charge in [-0.25, -0.2) is 4.98 Å². The van der Waals surface area contributed by atoms with Gasteiger partial charge in [-0.1, -0.05) is 66.7 Å². The molecule has 0 N–H and O–H groups in total. The Morgan fingerprint density at radius 1 is 0.488 bits per heavy atom. The quantitative estimate of drug-likeness (QED) is 0.230. The first-order chi connectivity index (χ1) is 20.3. The summed E-state index contributed by atoms with van der Waals surface area (Å²) in [4.78, 5) is 17.9. The molecule has 2 aliphatic heterocycles. The standard InChI is InChI=1S/C36H31N5/c1-2-8-25(9-3-1)34-37-35(26-14-16-27(17-15-26)40-28-19-23-18-24(21-28)22-29(40)20-23)39-36(38-34)41-32-12-6-4-10-30(32)31-11-5-7-13-33(31)41/h1-17,23-24,28-29H,18-22H2. The molecule has 4 bridgehead atoms. The molecule has 4 aliphatic rings. The number of fused-ring (bicyclic) bond motifs is 3. The predicted molar refractivity (Wildman–Crippen MR) is 165 cm³/mol. The van der Waals surface area contributed by atoms with Crippen molar-refractivity contribution in [1.82, 2.24) is 19.5 Å². The maximum atomic E-state index is 5.11. The van der Waals surface area contributed by atoms with E-state index in [0.717, 1.165) is 34.0 Å². The smallest absolute Gasteiger partial charge is 0.238 e. The second-order valence-electron chi connectivity index (χ2n) is 12.2. The van der Waals surface area contributed by atoms with Gasteiger partial charge in [0, 0.05) is 39.7 Å². The number of nitrogens with zero attached hydrogens (tertiary/aromatic N) is 5. The van der Waals surface area contributed by atoms with Gasteiger partial charge in [-0.3, -0.25) is 4.57 Å². The van der Waals surface area contributed by atoms with Gasteiger partial charge >= 0.3 is 0 Å². The number of benzene rings is 4. The van der Waals surface area contributed by atoms with Crippen molar-refractivity contribution in [3.05, 3.63) is 103 Å². The third kappa shape index (κ3) is 3.72. The Kier molecular flexibility index (Phi) is 5.10. The molecule has 0 amide bonds. The van der Waals surface area contributed by atoms with Crippen LogP contribution in [0, 0.1) is 11.8 Å². The van der Waals surface area contributed by atoms with Crippen molar-refractivity contribution in [2.75, 3.05) is 4.90 Å². The second-order valence-corrected chi connectivity index (χ2v) is 12.2. The average Bonchev–Trinajstić information content (AvgIpc) is 3.36. The minimum Gasteiger partial charge on any atom is -0.366 e. The summed E-state index contributed by atoms with van der Waals surface area (Å²) in [6.07, 6.45) is 6.93. The highest BCUT2D eigenvalue weighted by Crippen LogP contribution is 2.50. The lowest BCUT2D eigenvalue weighted by Crippen LogP contribution is -2.58. The molecular weight excluding hydrogens is 502 g/mol. The van der Waals surface area contributed by atoms with E-state index < -0.39 is 0 Å². The van der Waals surface area contributed by atoms with Gasteiger partial charge in [0.25, 0.3) is 0 Å². The fraction of sp³-hybridized carbons (Fsp3) is 0.250. The zero-order valence-corrected chi connectivity index (χ0v) is 22.9. The molecule has 0 spiro atoms. The van der Waals surface area contributed by atoms with Crippen LogP contribution >= 0.6 is 0 Å². The number of hydrogen-bond acceptors (Lipinski definition) is 4. The van der Waals surface area contributed by atoms with Crippen LogP contribution in [0.15, 0.2) is 103 Å². The lowest BCUT2D eigenvalue weighted by molar-refractivity contribution is 0.0900. The molecule has 2 aromatic heterocycles. The van der Waals surface area contributed by atoms with Gasteiger partial charge < -0.3 is 4.90 Å². The lowest BCUT2D eigenvalue weighted by Gasteiger charge is -2.57. The number of rotatable bonds is 4. The normalized spacial score (nSPS) is 23.1. The van der Waals surface area contributed by atoms with Crippen molar-refractivity contribution in [2.24, 2.45) is 11.8 Å². The zero-order valence-electron chi connectivity index (χ0n) is 22.9. The molecule has 5 nitrogen and oxygen atoms in total. The number of aromatic nitrogens is 4. The summed E-state index contributed by atoms with van der Waals surface area (Å²) >= 11 is 0. The molecule has 2 saturated heterocycles. The molecule has 4 fully saturated rings. The molecule has 5 heteroatoms. The topological polar surface area (TPSA) is 46.8 Å². The number of para-hydroxylation sites is 2. The van der Waals surface area contributed by atoms with Crippen LogP contribution in [0.5, 0.6) is 0 Å². The van der Waals surface area contributed by atoms with E-state index in [9.17, 15) is 0 Å². The van der Waals surface area contributed by atoms with Crippen molar-refractivity contribution >= 4 is 27.5 Å². The Bertz CT molecular complexity index is 1830. The minimum absolute atomic E-state index is 0.639. The average molecular weight is 534 g/mol. The first-order valence-corrected chi connectivity index (χ1v) is 15.0. The SMILES string of the molecule is c1ccc(-c2nc(-c3ccc(N4C5CC6CC(C5)CC4C6)cc3)nc(-n3c4ccccc4c4ccccc43)n2)cc1. The maximum absolute atomic E-state index is 5.11. The van der Waals surface area contributed by atoms with Gasteiger partial charge in [-0.15, -0.1) is 0 Å². The molecule has 4 aromatic carbocycles. The summed E-state index contributed by atoms with van der Waals surface area (Å²) in [5.41, 5.74) is 5.53. The molecular formula is C36H31N5. The highest BCUT2D eigenvalue weighted by atomic mass is 15.2. The molecule has 200 valence electrons. The van der Waals surface area contributed by atoms with E-state index in [0.29, 0.717) is 29.7 Å². The molecule has 0 radical (unpaired) electrons. The van der Waals surface area contributed by atoms with Gasteiger partial charge in [0.1, 0.15) is 0 Å². The summed E-state index contributed by atoms with van der Waals surface area (Å²) < 4.78 is 2.18. The van der Waals surface area contributed by atoms with Crippen LogP contribution in [0.2, 0.25) is 0 Å². The van der Waals surface area contributed by atoms with Crippen LogP contribution in [0.4, 0.5) is 5.69 Å². The van der Waals surface area contributed by atoms with Crippen LogP contribution in [0.25, 0.3) is 50.5 Å². The van der Waals surface area contributed by atoms with Crippen LogP contribution in [0.1, 0.15) is 32.1 Å². The summed E-state index contributed by atoms with van der Waals surface area (Å²) in [5.74, 6) is 3.92. The Morgan fingerprint density at radius 2 is 1.00 bits per heavy atom. The number of piperidine rings is 2. The van der Waals surface area contributed by atoms with E-state index in [1.165, 1.54) is 48.6 Å². The Morgan fingerprint density at radius 3 is 1.59 bits per heavy atom. The summed E-state index contributed by atoms with van der Waals surface area (Å²) in [6, 6.07) is 37.6. The largest absolute Gasteiger partial charge is 0.366 e. The van der Waals surface area contributed by atoms with E-state index in [4.69, 9.17) is 15.0 Å². The van der Waals surface area contributed by atoms with E-state index in [1.807, 2.05) is 18.2 Å². The van der Waals surface area contributed by atoms with Crippen LogP contribution in [-0.2, 0) is 0 Å². The highest BCUT2D eigenvalue weighted by molar-refractivity contribution is 6.08. The molecule has 4 heterocycles. The predicted octanol–water partition coefficient (Wildman–Crippen LogP) is 8.07. The number of anilines is 1. The fourth-order valence-corrected chi connectivity index (χ4v) is 8.19. The first kappa shape index (κ1) is 23.2. The van der Waals surface area contributed by atoms with Crippen LogP contribution in [0.3, 0.4) is 0 Å². The molecule has 0 unspecified atom stereocenters. The van der Waals surface area contributed by atoms with E-state index in [2.05, 4.69) is 94.4 Å². The monoisotopic (exact) mass is 533 g/mol. The maximum Gasteiger partial charge on any atom is 0.238 e. The van der Waals surface area contributed by atoms with E-state index in [1.54, 1.807) is 0 Å². The summed E-state index contributed by atoms with van der Waals surface area (Å²) in [5, 5.41) is 2.39. The number of hydrogen-bond donors (Lipinski definition) is 0. The Balaban J connectivity index is 1.18. The van der Waals surface area contributed by atoms with Gasteiger partial charge in [0.2, 0.25) is 5.95 Å². The molecule has 2 saturated carbocycles. The van der Waals surface area contributed by atoms with Gasteiger partial charge in [0.15, 0.2) is 11.6 Å². The van der Waals surface area contributed by atoms with Gasteiger partial charge in [0.05, 0.1) is 11.0 Å². The minimum atomic E-state index is 0.639. The molecule has 41 heavy (non-hydrogen) atoms. The molecule has 2 aliphatic carbocycles. The molecule has 6 aromatic rings. The van der Waals surface area contributed by atoms with Gasteiger partial charge in [-0.05, 0) is 80.3 Å². The second kappa shape index (κ2) is 9.00. The van der Waals surface area contributed by atoms with E-state index >= 15 is 0 Å². The third-order valence-electron chi connectivity index (χ3n) is 9.73. The summed E-state index contributed by atoms with van der Waals surface area (Å²) in [6.45, 7) is 0. The zero-order chi connectivity index (χ0) is 26.9. The lowest BCUT2D eigenvalue weighted by atomic mass is 9.63.